The van der Waals surface area contributed by atoms with Gasteiger partial charge in [-0.1, -0.05) is 28.1 Å². The minimum Gasteiger partial charge on any atom is -0.497 e. The predicted molar refractivity (Wildman–Crippen MR) is 95.4 cm³/mol. The zero-order valence-electron chi connectivity index (χ0n) is 13.0. The fourth-order valence-electron chi connectivity index (χ4n) is 1.95. The molecule has 0 fully saturated rings. The maximum atomic E-state index is 11.8. The molecule has 0 amide bonds. The number of esters is 1. The second-order valence-corrected chi connectivity index (χ2v) is 5.59. The van der Waals surface area contributed by atoms with Gasteiger partial charge < -0.3 is 14.8 Å². The molecule has 0 saturated heterocycles. The number of methoxy groups -OCH3 is 1. The number of hydrogen-bond acceptors (Lipinski definition) is 4. The third-order valence-electron chi connectivity index (χ3n) is 3.07. The third kappa shape index (κ3) is 5.14. The molecule has 1 N–H and O–H groups in total. The van der Waals surface area contributed by atoms with Gasteiger partial charge in [-0.15, -0.1) is 0 Å². The fraction of sp³-hybridized carbons (Fsp3) is 0.167. The van der Waals surface area contributed by atoms with Crippen molar-refractivity contribution >= 4 is 33.3 Å². The number of benzene rings is 2. The molecule has 2 aromatic carbocycles. The lowest BCUT2D eigenvalue weighted by molar-refractivity contribution is -0.137. The zero-order chi connectivity index (χ0) is 16.7. The molecule has 4 nitrogen and oxygen atoms in total. The van der Waals surface area contributed by atoms with Crippen molar-refractivity contribution in [3.8, 4) is 5.75 Å². The van der Waals surface area contributed by atoms with Crippen molar-refractivity contribution in [2.75, 3.05) is 19.0 Å². The largest absolute Gasteiger partial charge is 0.497 e. The van der Waals surface area contributed by atoms with Crippen LogP contribution >= 0.6 is 15.9 Å². The Labute approximate surface area is 144 Å². The van der Waals surface area contributed by atoms with Crippen LogP contribution in [0.2, 0.25) is 0 Å². The summed E-state index contributed by atoms with van der Waals surface area (Å²) in [4.78, 5) is 11.8. The number of ether oxygens (including phenoxy) is 2. The van der Waals surface area contributed by atoms with E-state index in [1.54, 1.807) is 14.0 Å². The molecular formula is C18H18BrNO3. The van der Waals surface area contributed by atoms with Gasteiger partial charge in [0.1, 0.15) is 5.75 Å². The van der Waals surface area contributed by atoms with Crippen LogP contribution in [0.15, 0.2) is 59.1 Å². The van der Waals surface area contributed by atoms with Crippen molar-refractivity contribution in [3.05, 3.63) is 64.6 Å². The first-order chi connectivity index (χ1) is 11.1. The first-order valence-electron chi connectivity index (χ1n) is 7.18. The standard InChI is InChI=1S/C18H18BrNO3/c1-3-23-18(21)12-17(13-4-6-14(19)7-5-13)20-15-8-10-16(22-2)11-9-15/h4-12,20H,3H2,1-2H3/b17-12-. The number of carbonyl (C=O) groups excluding carboxylic acids is 1. The van der Waals surface area contributed by atoms with Crippen LogP contribution < -0.4 is 10.1 Å². The molecule has 0 atom stereocenters. The van der Waals surface area contributed by atoms with E-state index in [0.29, 0.717) is 12.3 Å². The number of carbonyl (C=O) groups is 1. The van der Waals surface area contributed by atoms with Crippen LogP contribution in [0.3, 0.4) is 0 Å². The molecule has 2 aromatic rings. The molecule has 0 aliphatic rings. The van der Waals surface area contributed by atoms with Gasteiger partial charge in [-0.05, 0) is 48.9 Å². The summed E-state index contributed by atoms with van der Waals surface area (Å²) in [6, 6.07) is 15.2. The molecule has 0 aliphatic heterocycles. The molecule has 5 heteroatoms. The van der Waals surface area contributed by atoms with Crippen molar-refractivity contribution in [1.82, 2.24) is 0 Å². The molecule has 0 heterocycles. The van der Waals surface area contributed by atoms with Gasteiger partial charge in [0.15, 0.2) is 0 Å². The van der Waals surface area contributed by atoms with E-state index in [0.717, 1.165) is 21.5 Å². The van der Waals surface area contributed by atoms with E-state index in [1.165, 1.54) is 6.08 Å². The maximum Gasteiger partial charge on any atom is 0.332 e. The maximum absolute atomic E-state index is 11.8. The molecular weight excluding hydrogens is 358 g/mol. The van der Waals surface area contributed by atoms with E-state index in [-0.39, 0.29) is 5.97 Å². The van der Waals surface area contributed by atoms with Gasteiger partial charge in [0.05, 0.1) is 19.4 Å². The van der Waals surface area contributed by atoms with Crippen molar-refractivity contribution < 1.29 is 14.3 Å². The minimum atomic E-state index is -0.383. The Morgan fingerprint density at radius 2 is 1.78 bits per heavy atom. The number of rotatable bonds is 6. The van der Waals surface area contributed by atoms with Gasteiger partial charge in [0.25, 0.3) is 0 Å². The van der Waals surface area contributed by atoms with Crippen LogP contribution in [0.4, 0.5) is 5.69 Å². The smallest absolute Gasteiger partial charge is 0.332 e. The topological polar surface area (TPSA) is 47.6 Å². The Kier molecular flexibility index (Phi) is 6.23. The molecule has 2 rings (SSSR count). The predicted octanol–water partition coefficient (Wildman–Crippen LogP) is 4.47. The monoisotopic (exact) mass is 375 g/mol. The lowest BCUT2D eigenvalue weighted by atomic mass is 10.1. The summed E-state index contributed by atoms with van der Waals surface area (Å²) in [5.74, 6) is 0.390. The zero-order valence-corrected chi connectivity index (χ0v) is 14.6. The molecule has 120 valence electrons. The lowest BCUT2D eigenvalue weighted by Gasteiger charge is -2.12. The lowest BCUT2D eigenvalue weighted by Crippen LogP contribution is -2.06. The number of anilines is 1. The average molecular weight is 376 g/mol. The van der Waals surface area contributed by atoms with Crippen LogP contribution in [-0.2, 0) is 9.53 Å². The van der Waals surface area contributed by atoms with Gasteiger partial charge >= 0.3 is 5.97 Å². The summed E-state index contributed by atoms with van der Waals surface area (Å²) >= 11 is 3.41. The molecule has 0 radical (unpaired) electrons. The van der Waals surface area contributed by atoms with Crippen molar-refractivity contribution in [3.63, 3.8) is 0 Å². The second-order valence-electron chi connectivity index (χ2n) is 4.67. The molecule has 0 spiro atoms. The van der Waals surface area contributed by atoms with Gasteiger partial charge in [-0.2, -0.15) is 0 Å². The van der Waals surface area contributed by atoms with Crippen LogP contribution in [0, 0.1) is 0 Å². The summed E-state index contributed by atoms with van der Waals surface area (Å²) in [6.07, 6.45) is 1.46. The SMILES string of the molecule is CCOC(=O)/C=C(\Nc1ccc(OC)cc1)c1ccc(Br)cc1. The molecule has 0 saturated carbocycles. The minimum absolute atomic E-state index is 0.339. The van der Waals surface area contributed by atoms with Crippen molar-refractivity contribution in [1.29, 1.82) is 0 Å². The molecule has 0 bridgehead atoms. The highest BCUT2D eigenvalue weighted by Gasteiger charge is 2.07. The van der Waals surface area contributed by atoms with E-state index < -0.39 is 0 Å². The van der Waals surface area contributed by atoms with E-state index >= 15 is 0 Å². The van der Waals surface area contributed by atoms with E-state index in [4.69, 9.17) is 9.47 Å². The van der Waals surface area contributed by atoms with Crippen molar-refractivity contribution in [2.24, 2.45) is 0 Å². The second kappa shape index (κ2) is 8.39. The van der Waals surface area contributed by atoms with Gasteiger partial charge in [-0.25, -0.2) is 4.79 Å². The quantitative estimate of drug-likeness (QED) is 0.597. The van der Waals surface area contributed by atoms with E-state index in [2.05, 4.69) is 21.2 Å². The Bertz CT molecular complexity index is 678. The van der Waals surface area contributed by atoms with Gasteiger partial charge in [0, 0.05) is 16.2 Å². The molecule has 0 aromatic heterocycles. The molecule has 0 unspecified atom stereocenters. The molecule has 0 aliphatic carbocycles. The fourth-order valence-corrected chi connectivity index (χ4v) is 2.22. The number of nitrogens with one attached hydrogen (secondary N) is 1. The molecule has 23 heavy (non-hydrogen) atoms. The highest BCUT2D eigenvalue weighted by molar-refractivity contribution is 9.10. The normalized spacial score (nSPS) is 11.0. The summed E-state index contributed by atoms with van der Waals surface area (Å²) in [5, 5.41) is 3.24. The van der Waals surface area contributed by atoms with Gasteiger partial charge in [0.2, 0.25) is 0 Å². The summed E-state index contributed by atoms with van der Waals surface area (Å²) < 4.78 is 11.1. The Morgan fingerprint density at radius 1 is 1.13 bits per heavy atom. The third-order valence-corrected chi connectivity index (χ3v) is 3.60. The Morgan fingerprint density at radius 3 is 2.35 bits per heavy atom. The van der Waals surface area contributed by atoms with E-state index in [9.17, 15) is 4.79 Å². The van der Waals surface area contributed by atoms with Crippen LogP contribution in [0.5, 0.6) is 5.75 Å². The highest BCUT2D eigenvalue weighted by Crippen LogP contribution is 2.22. The van der Waals surface area contributed by atoms with E-state index in [1.807, 2.05) is 48.5 Å². The number of hydrogen-bond donors (Lipinski definition) is 1. The first kappa shape index (κ1) is 17.1. The van der Waals surface area contributed by atoms with Crippen LogP contribution in [-0.4, -0.2) is 19.7 Å². The highest BCUT2D eigenvalue weighted by atomic mass is 79.9. The van der Waals surface area contributed by atoms with Crippen LogP contribution in [0.1, 0.15) is 12.5 Å². The number of halogens is 1. The van der Waals surface area contributed by atoms with Gasteiger partial charge in [-0.3, -0.25) is 0 Å². The van der Waals surface area contributed by atoms with Crippen LogP contribution in [0.25, 0.3) is 5.70 Å². The Balaban J connectivity index is 2.28. The summed E-state index contributed by atoms with van der Waals surface area (Å²) in [6.45, 7) is 2.12. The summed E-state index contributed by atoms with van der Waals surface area (Å²) in [5.41, 5.74) is 2.41. The Hall–Kier alpha value is -2.27. The average Bonchev–Trinajstić information content (AvgIpc) is 2.56. The summed E-state index contributed by atoms with van der Waals surface area (Å²) in [7, 11) is 1.62. The van der Waals surface area contributed by atoms with Crippen molar-refractivity contribution in [2.45, 2.75) is 6.92 Å². The first-order valence-corrected chi connectivity index (χ1v) is 7.97.